The Morgan fingerprint density at radius 1 is 1.07 bits per heavy atom. The highest BCUT2D eigenvalue weighted by Gasteiger charge is 2.28. The van der Waals surface area contributed by atoms with Crippen LogP contribution in [0.15, 0.2) is 63.3 Å². The Balaban J connectivity index is 1.66. The van der Waals surface area contributed by atoms with E-state index in [2.05, 4.69) is 16.0 Å². The summed E-state index contributed by atoms with van der Waals surface area (Å²) in [6, 6.07) is 17.9. The van der Waals surface area contributed by atoms with Gasteiger partial charge in [-0.25, -0.2) is 9.97 Å². The van der Waals surface area contributed by atoms with Crippen molar-refractivity contribution in [3.63, 3.8) is 0 Å². The molecule has 0 radical (unpaired) electrons. The molecule has 0 spiro atoms. The SMILES string of the molecule is Cc1nc(C)c(C#N)c(SCC(=O)N2c3ccccc3Sc3ccccc32)n1. The predicted molar refractivity (Wildman–Crippen MR) is 111 cm³/mol. The molecule has 1 aromatic heterocycles. The van der Waals surface area contributed by atoms with Gasteiger partial charge >= 0.3 is 0 Å². The molecule has 3 aromatic rings. The lowest BCUT2D eigenvalue weighted by Gasteiger charge is -2.31. The first-order valence-corrected chi connectivity index (χ1v) is 10.5. The van der Waals surface area contributed by atoms with E-state index >= 15 is 0 Å². The summed E-state index contributed by atoms with van der Waals surface area (Å²) in [5.74, 6) is 0.720. The van der Waals surface area contributed by atoms with Crippen molar-refractivity contribution in [3.05, 3.63) is 65.6 Å². The Hall–Kier alpha value is -2.82. The van der Waals surface area contributed by atoms with E-state index in [1.165, 1.54) is 11.8 Å². The second-order valence-electron chi connectivity index (χ2n) is 6.20. The molecule has 1 aliphatic rings. The third-order valence-electron chi connectivity index (χ3n) is 4.29. The van der Waals surface area contributed by atoms with Crippen LogP contribution in [0.25, 0.3) is 0 Å². The van der Waals surface area contributed by atoms with E-state index < -0.39 is 0 Å². The number of carbonyl (C=O) groups is 1. The van der Waals surface area contributed by atoms with Gasteiger partial charge in [0.15, 0.2) is 0 Å². The van der Waals surface area contributed by atoms with Gasteiger partial charge in [0, 0.05) is 9.79 Å². The summed E-state index contributed by atoms with van der Waals surface area (Å²) in [5, 5.41) is 9.97. The van der Waals surface area contributed by atoms with Crippen LogP contribution >= 0.6 is 23.5 Å². The van der Waals surface area contributed by atoms with Gasteiger partial charge in [0.25, 0.3) is 0 Å². The molecular weight excluding hydrogens is 388 g/mol. The lowest BCUT2D eigenvalue weighted by molar-refractivity contribution is -0.115. The Morgan fingerprint density at radius 2 is 1.68 bits per heavy atom. The number of benzene rings is 2. The molecule has 0 saturated heterocycles. The van der Waals surface area contributed by atoms with Gasteiger partial charge in [0.05, 0.1) is 22.8 Å². The molecule has 0 unspecified atom stereocenters. The summed E-state index contributed by atoms with van der Waals surface area (Å²) < 4.78 is 0. The number of hydrogen-bond acceptors (Lipinski definition) is 6. The van der Waals surface area contributed by atoms with E-state index in [-0.39, 0.29) is 11.7 Å². The second kappa shape index (κ2) is 7.66. The predicted octanol–water partition coefficient (Wildman–Crippen LogP) is 4.89. The van der Waals surface area contributed by atoms with Crippen LogP contribution in [-0.4, -0.2) is 21.6 Å². The molecular formula is C21H16N4OS2. The fraction of sp³-hybridized carbons (Fsp3) is 0.143. The first-order chi connectivity index (χ1) is 13.6. The molecule has 7 heteroatoms. The Morgan fingerprint density at radius 3 is 2.29 bits per heavy atom. The van der Waals surface area contributed by atoms with Crippen LogP contribution in [0.4, 0.5) is 11.4 Å². The average Bonchev–Trinajstić information content (AvgIpc) is 2.69. The fourth-order valence-electron chi connectivity index (χ4n) is 3.08. The Kier molecular flexibility index (Phi) is 5.07. The minimum Gasteiger partial charge on any atom is -0.278 e. The van der Waals surface area contributed by atoms with Crippen molar-refractivity contribution in [2.45, 2.75) is 28.7 Å². The van der Waals surface area contributed by atoms with Crippen molar-refractivity contribution in [3.8, 4) is 6.07 Å². The van der Waals surface area contributed by atoms with Crippen LogP contribution in [0, 0.1) is 25.2 Å². The maximum absolute atomic E-state index is 13.2. The maximum atomic E-state index is 13.2. The van der Waals surface area contributed by atoms with Gasteiger partial charge in [-0.1, -0.05) is 47.8 Å². The van der Waals surface area contributed by atoms with Gasteiger partial charge in [-0.3, -0.25) is 9.69 Å². The molecule has 0 atom stereocenters. The number of nitriles is 1. The normalized spacial score (nSPS) is 12.1. The van der Waals surface area contributed by atoms with Crippen molar-refractivity contribution in [2.75, 3.05) is 10.7 Å². The number of nitrogens with zero attached hydrogens (tertiary/aromatic N) is 4. The quantitative estimate of drug-likeness (QED) is 0.457. The molecule has 4 rings (SSSR count). The maximum Gasteiger partial charge on any atom is 0.242 e. The summed E-state index contributed by atoms with van der Waals surface area (Å²) in [6.45, 7) is 3.57. The minimum absolute atomic E-state index is 0.0528. The molecule has 1 amide bonds. The number of amides is 1. The van der Waals surface area contributed by atoms with Crippen LogP contribution in [0.5, 0.6) is 0 Å². The van der Waals surface area contributed by atoms with Crippen molar-refractivity contribution in [1.29, 1.82) is 5.26 Å². The molecule has 1 aliphatic heterocycles. The van der Waals surface area contributed by atoms with Crippen molar-refractivity contribution < 1.29 is 4.79 Å². The summed E-state index contributed by atoms with van der Waals surface area (Å²) in [7, 11) is 0. The zero-order valence-electron chi connectivity index (χ0n) is 15.3. The van der Waals surface area contributed by atoms with E-state index in [1.807, 2.05) is 48.5 Å². The monoisotopic (exact) mass is 404 g/mol. The first-order valence-electron chi connectivity index (χ1n) is 8.65. The zero-order valence-corrected chi connectivity index (χ0v) is 17.0. The van der Waals surface area contributed by atoms with Crippen LogP contribution < -0.4 is 4.90 Å². The highest BCUT2D eigenvalue weighted by atomic mass is 32.2. The molecule has 0 aliphatic carbocycles. The average molecular weight is 405 g/mol. The molecule has 0 saturated carbocycles. The molecule has 2 aromatic carbocycles. The number of thioether (sulfide) groups is 1. The number of para-hydroxylation sites is 2. The topological polar surface area (TPSA) is 69.9 Å². The lowest BCUT2D eigenvalue weighted by Crippen LogP contribution is -2.30. The fourth-order valence-corrected chi connectivity index (χ4v) is 5.06. The highest BCUT2D eigenvalue weighted by Crippen LogP contribution is 2.48. The van der Waals surface area contributed by atoms with E-state index in [1.54, 1.807) is 30.5 Å². The van der Waals surface area contributed by atoms with Crippen LogP contribution in [-0.2, 0) is 4.79 Å². The van der Waals surface area contributed by atoms with Gasteiger partial charge in [-0.05, 0) is 38.1 Å². The van der Waals surface area contributed by atoms with E-state index in [4.69, 9.17) is 0 Å². The molecule has 28 heavy (non-hydrogen) atoms. The first kappa shape index (κ1) is 18.5. The van der Waals surface area contributed by atoms with Crippen molar-refractivity contribution in [1.82, 2.24) is 9.97 Å². The largest absolute Gasteiger partial charge is 0.278 e. The molecule has 0 N–H and O–H groups in total. The smallest absolute Gasteiger partial charge is 0.242 e. The Bertz CT molecular complexity index is 1080. The lowest BCUT2D eigenvalue weighted by atomic mass is 10.2. The summed E-state index contributed by atoms with van der Waals surface area (Å²) >= 11 is 2.94. The number of aryl methyl sites for hydroxylation is 2. The van der Waals surface area contributed by atoms with Gasteiger partial charge < -0.3 is 0 Å². The Labute approximate surface area is 171 Å². The number of rotatable bonds is 3. The van der Waals surface area contributed by atoms with E-state index in [0.29, 0.717) is 22.1 Å². The molecule has 0 bridgehead atoms. The number of aromatic nitrogens is 2. The summed E-state index contributed by atoms with van der Waals surface area (Å²) in [5.41, 5.74) is 2.83. The summed E-state index contributed by atoms with van der Waals surface area (Å²) in [6.07, 6.45) is 0. The highest BCUT2D eigenvalue weighted by molar-refractivity contribution is 8.00. The van der Waals surface area contributed by atoms with Gasteiger partial charge in [0.1, 0.15) is 22.5 Å². The molecule has 5 nitrogen and oxygen atoms in total. The van der Waals surface area contributed by atoms with Gasteiger partial charge in [0.2, 0.25) is 5.91 Å². The standard InChI is InChI=1S/C21H16N4OS2/c1-13-15(11-22)21(24-14(2)23-13)27-12-20(26)25-16-7-3-5-9-18(16)28-19-10-6-4-8-17(19)25/h3-10H,12H2,1-2H3. The van der Waals surface area contributed by atoms with Gasteiger partial charge in [-0.15, -0.1) is 0 Å². The van der Waals surface area contributed by atoms with Crippen LogP contribution in [0.3, 0.4) is 0 Å². The van der Waals surface area contributed by atoms with Gasteiger partial charge in [-0.2, -0.15) is 5.26 Å². The molecule has 0 fully saturated rings. The zero-order chi connectivity index (χ0) is 19.7. The number of anilines is 2. The third-order valence-corrected chi connectivity index (χ3v) is 6.38. The number of fused-ring (bicyclic) bond motifs is 2. The minimum atomic E-state index is -0.0528. The second-order valence-corrected chi connectivity index (χ2v) is 8.25. The number of hydrogen-bond donors (Lipinski definition) is 0. The summed E-state index contributed by atoms with van der Waals surface area (Å²) in [4.78, 5) is 25.7. The molecule has 138 valence electrons. The van der Waals surface area contributed by atoms with Crippen molar-refractivity contribution in [2.24, 2.45) is 0 Å². The molecule has 2 heterocycles. The van der Waals surface area contributed by atoms with Crippen LogP contribution in [0.2, 0.25) is 0 Å². The van der Waals surface area contributed by atoms with E-state index in [0.717, 1.165) is 21.2 Å². The number of carbonyl (C=O) groups excluding carboxylic acids is 1. The van der Waals surface area contributed by atoms with Crippen LogP contribution in [0.1, 0.15) is 17.1 Å². The third kappa shape index (κ3) is 3.37. The van der Waals surface area contributed by atoms with E-state index in [9.17, 15) is 10.1 Å². The van der Waals surface area contributed by atoms with Crippen molar-refractivity contribution >= 4 is 40.8 Å².